The molecule has 4 heteroatoms. The van der Waals surface area contributed by atoms with Crippen LogP contribution in [0.25, 0.3) is 0 Å². The van der Waals surface area contributed by atoms with E-state index in [0.29, 0.717) is 18.4 Å². The van der Waals surface area contributed by atoms with Gasteiger partial charge in [0.05, 0.1) is 0 Å². The molecule has 0 aromatic heterocycles. The third-order valence-electron chi connectivity index (χ3n) is 3.26. The first kappa shape index (κ1) is 13.5. The molecule has 0 aliphatic heterocycles. The normalized spacial score (nSPS) is 17.6. The molecule has 1 fully saturated rings. The van der Waals surface area contributed by atoms with E-state index in [4.69, 9.17) is 0 Å². The monoisotopic (exact) mass is 258 g/mol. The molecule has 0 bridgehead atoms. The van der Waals surface area contributed by atoms with Gasteiger partial charge in [0, 0.05) is 24.1 Å². The average Bonchev–Trinajstić information content (AvgIpc) is 2.36. The van der Waals surface area contributed by atoms with Crippen LogP contribution in [0.2, 0.25) is 0 Å². The summed E-state index contributed by atoms with van der Waals surface area (Å²) in [5.74, 6) is -0.0196. The Morgan fingerprint density at radius 3 is 2.74 bits per heavy atom. The van der Waals surface area contributed by atoms with Gasteiger partial charge in [-0.15, -0.1) is 0 Å². The highest BCUT2D eigenvalue weighted by Crippen LogP contribution is 2.12. The van der Waals surface area contributed by atoms with Gasteiger partial charge in [0.15, 0.2) is 0 Å². The lowest BCUT2D eigenvalue weighted by Gasteiger charge is -2.12. The topological polar surface area (TPSA) is 58.5 Å². The van der Waals surface area contributed by atoms with Crippen molar-refractivity contribution in [2.45, 2.75) is 39.5 Å². The molecule has 1 aromatic rings. The fourth-order valence-electron chi connectivity index (χ4n) is 2.25. The maximum atomic E-state index is 12.0. The van der Waals surface area contributed by atoms with Crippen molar-refractivity contribution in [2.24, 2.45) is 5.10 Å². The predicted octanol–water partition coefficient (Wildman–Crippen LogP) is 2.53. The van der Waals surface area contributed by atoms with Gasteiger partial charge in [0.1, 0.15) is 5.78 Å². The van der Waals surface area contributed by atoms with E-state index in [-0.39, 0.29) is 11.7 Å². The number of amides is 1. The quantitative estimate of drug-likeness (QED) is 0.829. The van der Waals surface area contributed by atoms with Crippen molar-refractivity contribution in [1.82, 2.24) is 5.43 Å². The van der Waals surface area contributed by atoms with Crippen molar-refractivity contribution in [1.29, 1.82) is 0 Å². The van der Waals surface area contributed by atoms with Crippen LogP contribution in [-0.2, 0) is 4.79 Å². The highest BCUT2D eigenvalue weighted by molar-refractivity contribution is 6.04. The number of nitrogens with zero attached hydrogens (tertiary/aromatic N) is 1. The lowest BCUT2D eigenvalue weighted by molar-refractivity contribution is -0.118. The summed E-state index contributed by atoms with van der Waals surface area (Å²) in [6.07, 6.45) is 2.62. The summed E-state index contributed by atoms with van der Waals surface area (Å²) >= 11 is 0. The van der Waals surface area contributed by atoms with E-state index in [1.807, 2.05) is 26.0 Å². The van der Waals surface area contributed by atoms with Gasteiger partial charge >= 0.3 is 0 Å². The SMILES string of the molecule is Cc1ccc(C(=O)N/N=C2/CCCC(=O)C2)c(C)c1. The second-order valence-corrected chi connectivity index (χ2v) is 5.01. The molecule has 100 valence electrons. The van der Waals surface area contributed by atoms with E-state index in [0.717, 1.165) is 29.7 Å². The molecule has 19 heavy (non-hydrogen) atoms. The van der Waals surface area contributed by atoms with Gasteiger partial charge in [-0.25, -0.2) is 5.43 Å². The summed E-state index contributed by atoms with van der Waals surface area (Å²) in [5, 5.41) is 4.07. The van der Waals surface area contributed by atoms with E-state index in [1.54, 1.807) is 6.07 Å². The number of Topliss-reactive ketones (excluding diaryl/α,β-unsaturated/α-hetero) is 1. The summed E-state index contributed by atoms with van der Waals surface area (Å²) in [4.78, 5) is 23.3. The lowest BCUT2D eigenvalue weighted by Crippen LogP contribution is -2.23. The van der Waals surface area contributed by atoms with Crippen LogP contribution in [-0.4, -0.2) is 17.4 Å². The van der Waals surface area contributed by atoms with Crippen molar-refractivity contribution in [3.8, 4) is 0 Å². The molecule has 0 atom stereocenters. The number of ketones is 1. The first-order chi connectivity index (χ1) is 9.06. The molecule has 1 aliphatic carbocycles. The fraction of sp³-hybridized carbons (Fsp3) is 0.400. The minimum Gasteiger partial charge on any atom is -0.299 e. The largest absolute Gasteiger partial charge is 0.299 e. The minimum atomic E-state index is -0.219. The molecule has 2 rings (SSSR count). The van der Waals surface area contributed by atoms with Gasteiger partial charge in [-0.05, 0) is 38.3 Å². The second-order valence-electron chi connectivity index (χ2n) is 5.01. The zero-order valence-corrected chi connectivity index (χ0v) is 11.3. The molecule has 0 spiro atoms. The van der Waals surface area contributed by atoms with Crippen LogP contribution in [0.4, 0.5) is 0 Å². The number of carbonyl (C=O) groups excluding carboxylic acids is 2. The number of rotatable bonds is 2. The fourth-order valence-corrected chi connectivity index (χ4v) is 2.25. The average molecular weight is 258 g/mol. The van der Waals surface area contributed by atoms with Gasteiger partial charge in [-0.3, -0.25) is 9.59 Å². The van der Waals surface area contributed by atoms with Crippen LogP contribution in [0, 0.1) is 13.8 Å². The van der Waals surface area contributed by atoms with E-state index >= 15 is 0 Å². The van der Waals surface area contributed by atoms with E-state index in [1.165, 1.54) is 0 Å². The van der Waals surface area contributed by atoms with Gasteiger partial charge in [-0.2, -0.15) is 5.10 Å². The molecule has 4 nitrogen and oxygen atoms in total. The maximum absolute atomic E-state index is 12.0. The van der Waals surface area contributed by atoms with E-state index in [9.17, 15) is 9.59 Å². The Balaban J connectivity index is 2.05. The summed E-state index contributed by atoms with van der Waals surface area (Å²) in [5.41, 5.74) is 5.99. The van der Waals surface area contributed by atoms with Crippen molar-refractivity contribution < 1.29 is 9.59 Å². The van der Waals surface area contributed by atoms with Gasteiger partial charge < -0.3 is 0 Å². The van der Waals surface area contributed by atoms with Crippen LogP contribution in [0.1, 0.15) is 47.2 Å². The number of hydrazone groups is 1. The summed E-state index contributed by atoms with van der Waals surface area (Å²) in [7, 11) is 0. The third-order valence-corrected chi connectivity index (χ3v) is 3.26. The molecule has 1 saturated carbocycles. The van der Waals surface area contributed by atoms with Crippen molar-refractivity contribution >= 4 is 17.4 Å². The molecular formula is C15H18N2O2. The smallest absolute Gasteiger partial charge is 0.271 e. The molecule has 1 aliphatic rings. The lowest BCUT2D eigenvalue weighted by atomic mass is 9.97. The number of aryl methyl sites for hydroxylation is 2. The van der Waals surface area contributed by atoms with E-state index in [2.05, 4.69) is 10.5 Å². The Hall–Kier alpha value is -1.97. The molecular weight excluding hydrogens is 240 g/mol. The number of nitrogens with one attached hydrogen (secondary N) is 1. The van der Waals surface area contributed by atoms with E-state index < -0.39 is 0 Å². The molecule has 1 amide bonds. The zero-order chi connectivity index (χ0) is 13.8. The van der Waals surface area contributed by atoms with Crippen molar-refractivity contribution in [2.75, 3.05) is 0 Å². The highest BCUT2D eigenvalue weighted by atomic mass is 16.2. The molecule has 0 unspecified atom stereocenters. The molecule has 0 radical (unpaired) electrons. The van der Waals surface area contributed by atoms with Crippen molar-refractivity contribution in [3.63, 3.8) is 0 Å². The van der Waals surface area contributed by atoms with Crippen LogP contribution < -0.4 is 5.43 Å². The second kappa shape index (κ2) is 5.78. The minimum absolute atomic E-state index is 0.200. The van der Waals surface area contributed by atoms with Crippen LogP contribution in [0.15, 0.2) is 23.3 Å². The van der Waals surface area contributed by atoms with Crippen molar-refractivity contribution in [3.05, 3.63) is 34.9 Å². The Morgan fingerprint density at radius 1 is 1.26 bits per heavy atom. The Morgan fingerprint density at radius 2 is 2.05 bits per heavy atom. The summed E-state index contributed by atoms with van der Waals surface area (Å²) in [6.45, 7) is 3.89. The first-order valence-corrected chi connectivity index (χ1v) is 6.51. The summed E-state index contributed by atoms with van der Waals surface area (Å²) in [6, 6.07) is 5.66. The van der Waals surface area contributed by atoms with Gasteiger partial charge in [0.2, 0.25) is 0 Å². The van der Waals surface area contributed by atoms with Gasteiger partial charge in [0.25, 0.3) is 5.91 Å². The van der Waals surface area contributed by atoms with Crippen LogP contribution >= 0.6 is 0 Å². The molecule has 1 N–H and O–H groups in total. The molecule has 0 heterocycles. The number of carbonyl (C=O) groups is 2. The Labute approximate surface area is 112 Å². The number of hydrogen-bond acceptors (Lipinski definition) is 3. The number of hydrogen-bond donors (Lipinski definition) is 1. The summed E-state index contributed by atoms with van der Waals surface area (Å²) < 4.78 is 0. The predicted molar refractivity (Wildman–Crippen MR) is 74.3 cm³/mol. The van der Waals surface area contributed by atoms with Crippen LogP contribution in [0.3, 0.4) is 0 Å². The third kappa shape index (κ3) is 3.50. The standard InChI is InChI=1S/C15H18N2O2/c1-10-6-7-14(11(2)8-10)15(19)17-16-12-4-3-5-13(18)9-12/h6-8H,3-5,9H2,1-2H3,(H,17,19)/b16-12-. The highest BCUT2D eigenvalue weighted by Gasteiger charge is 2.15. The van der Waals surface area contributed by atoms with Crippen LogP contribution in [0.5, 0.6) is 0 Å². The van der Waals surface area contributed by atoms with Gasteiger partial charge in [-0.1, -0.05) is 17.7 Å². The maximum Gasteiger partial charge on any atom is 0.271 e. The Bertz CT molecular complexity index is 547. The molecule has 0 saturated heterocycles. The zero-order valence-electron chi connectivity index (χ0n) is 11.3. The number of benzene rings is 1. The first-order valence-electron chi connectivity index (χ1n) is 6.51. The Kier molecular flexibility index (Phi) is 4.10. The molecule has 1 aromatic carbocycles.